The highest BCUT2D eigenvalue weighted by Gasteiger charge is 2.30. The maximum Gasteiger partial charge on any atom is 0.135 e. The number of alkyl halides is 1. The minimum atomic E-state index is -1.75. The molecular formula is C28H23F2N3O2. The lowest BCUT2D eigenvalue weighted by Gasteiger charge is -2.26. The molecule has 5 aromatic rings. The first-order chi connectivity index (χ1) is 17.0. The zero-order valence-corrected chi connectivity index (χ0v) is 18.7. The molecule has 0 saturated heterocycles. The van der Waals surface area contributed by atoms with Crippen molar-refractivity contribution in [3.8, 4) is 17.2 Å². The molecule has 0 aliphatic carbocycles. The number of benzene rings is 4. The summed E-state index contributed by atoms with van der Waals surface area (Å²) >= 11 is 0. The number of hydrogen-bond acceptors (Lipinski definition) is 4. The smallest absolute Gasteiger partial charge is 0.135 e. The number of para-hydroxylation sites is 1. The zero-order chi connectivity index (χ0) is 24.3. The molecule has 7 heteroatoms. The molecule has 0 spiro atoms. The normalized spacial score (nSPS) is 12.9. The Balaban J connectivity index is 1.34. The quantitative estimate of drug-likeness (QED) is 0.282. The summed E-state index contributed by atoms with van der Waals surface area (Å²) in [5.74, 6) is 1.00. The van der Waals surface area contributed by atoms with E-state index in [1.807, 2.05) is 48.5 Å². The van der Waals surface area contributed by atoms with Gasteiger partial charge in [-0.15, -0.1) is 0 Å². The SMILES string of the molecule is OC(CF)(CNc1cccc(Oc2ccccc2)c1)c1ccc2c(cnn2-c2ccc(F)cc2)c1. The first-order valence-electron chi connectivity index (χ1n) is 11.1. The number of ether oxygens (including phenoxy) is 1. The van der Waals surface area contributed by atoms with Crippen LogP contribution in [0.5, 0.6) is 11.5 Å². The lowest BCUT2D eigenvalue weighted by Crippen LogP contribution is -2.36. The number of hydrogen-bond donors (Lipinski definition) is 2. The van der Waals surface area contributed by atoms with Gasteiger partial charge in [0, 0.05) is 17.1 Å². The van der Waals surface area contributed by atoms with Gasteiger partial charge in [-0.3, -0.25) is 0 Å². The van der Waals surface area contributed by atoms with Gasteiger partial charge < -0.3 is 15.2 Å². The first kappa shape index (κ1) is 22.6. The minimum Gasteiger partial charge on any atom is -0.457 e. The van der Waals surface area contributed by atoms with Crippen LogP contribution >= 0.6 is 0 Å². The van der Waals surface area contributed by atoms with Gasteiger partial charge >= 0.3 is 0 Å². The van der Waals surface area contributed by atoms with Crippen LogP contribution in [-0.2, 0) is 5.60 Å². The number of halogens is 2. The van der Waals surface area contributed by atoms with Crippen molar-refractivity contribution in [1.82, 2.24) is 9.78 Å². The van der Waals surface area contributed by atoms with E-state index in [0.29, 0.717) is 28.4 Å². The molecule has 176 valence electrons. The van der Waals surface area contributed by atoms with Crippen molar-refractivity contribution in [2.24, 2.45) is 0 Å². The van der Waals surface area contributed by atoms with E-state index in [-0.39, 0.29) is 12.4 Å². The molecule has 0 aliphatic rings. The summed E-state index contributed by atoms with van der Waals surface area (Å²) in [7, 11) is 0. The maximum atomic E-state index is 14.1. The van der Waals surface area contributed by atoms with Crippen molar-refractivity contribution < 1.29 is 18.6 Å². The predicted octanol–water partition coefficient (Wildman–Crippen LogP) is 6.23. The molecule has 0 bridgehead atoms. The Kier molecular flexibility index (Phi) is 6.16. The summed E-state index contributed by atoms with van der Waals surface area (Å²) in [5, 5.41) is 19.4. The lowest BCUT2D eigenvalue weighted by atomic mass is 9.94. The van der Waals surface area contributed by atoms with Gasteiger partial charge in [0.05, 0.1) is 23.9 Å². The number of nitrogens with one attached hydrogen (secondary N) is 1. The molecule has 35 heavy (non-hydrogen) atoms. The van der Waals surface area contributed by atoms with Crippen molar-refractivity contribution in [3.63, 3.8) is 0 Å². The summed E-state index contributed by atoms with van der Waals surface area (Å²) in [5.41, 5.74) is 0.836. The zero-order valence-electron chi connectivity index (χ0n) is 18.7. The van der Waals surface area contributed by atoms with Gasteiger partial charge in [-0.2, -0.15) is 5.10 Å². The third kappa shape index (κ3) is 4.85. The van der Waals surface area contributed by atoms with Gasteiger partial charge in [0.1, 0.15) is 29.6 Å². The van der Waals surface area contributed by atoms with Gasteiger partial charge in [-0.25, -0.2) is 13.5 Å². The first-order valence-corrected chi connectivity index (χ1v) is 11.1. The molecule has 0 amide bonds. The third-order valence-corrected chi connectivity index (χ3v) is 5.80. The van der Waals surface area contributed by atoms with Crippen LogP contribution in [-0.4, -0.2) is 28.1 Å². The van der Waals surface area contributed by atoms with E-state index in [0.717, 1.165) is 10.9 Å². The van der Waals surface area contributed by atoms with Crippen LogP contribution in [0.3, 0.4) is 0 Å². The third-order valence-electron chi connectivity index (χ3n) is 5.80. The fraction of sp³-hybridized carbons (Fsp3) is 0.107. The van der Waals surface area contributed by atoms with Crippen LogP contribution in [0.1, 0.15) is 5.56 Å². The number of aromatic nitrogens is 2. The standard InChI is InChI=1S/C28H23F2N3O2/c29-18-28(34,19-31-23-5-4-8-26(16-23)35-25-6-2-1-3-7-25)21-9-14-27-20(15-21)17-32-33(27)24-12-10-22(30)11-13-24/h1-17,31,34H,18-19H2. The van der Waals surface area contributed by atoms with Crippen LogP contribution in [0, 0.1) is 5.82 Å². The Morgan fingerprint density at radius 2 is 1.66 bits per heavy atom. The van der Waals surface area contributed by atoms with E-state index in [4.69, 9.17) is 4.74 Å². The number of rotatable bonds is 8. The van der Waals surface area contributed by atoms with E-state index in [2.05, 4.69) is 10.4 Å². The topological polar surface area (TPSA) is 59.3 Å². The van der Waals surface area contributed by atoms with Gasteiger partial charge in [0.15, 0.2) is 0 Å². The molecule has 0 radical (unpaired) electrons. The Labute approximate surface area is 201 Å². The molecule has 5 rings (SSSR count). The van der Waals surface area contributed by atoms with E-state index >= 15 is 0 Å². The molecule has 0 aliphatic heterocycles. The van der Waals surface area contributed by atoms with Crippen molar-refractivity contribution in [1.29, 1.82) is 0 Å². The van der Waals surface area contributed by atoms with Gasteiger partial charge in [-0.05, 0) is 66.2 Å². The Morgan fingerprint density at radius 3 is 2.43 bits per heavy atom. The van der Waals surface area contributed by atoms with E-state index in [1.54, 1.807) is 47.3 Å². The molecule has 5 nitrogen and oxygen atoms in total. The lowest BCUT2D eigenvalue weighted by molar-refractivity contribution is 0.0241. The van der Waals surface area contributed by atoms with Crippen LogP contribution in [0.15, 0.2) is 103 Å². The summed E-state index contributed by atoms with van der Waals surface area (Å²) < 4.78 is 34.9. The summed E-state index contributed by atoms with van der Waals surface area (Å²) in [4.78, 5) is 0. The molecule has 1 heterocycles. The molecule has 1 aromatic heterocycles. The van der Waals surface area contributed by atoms with Gasteiger partial charge in [0.25, 0.3) is 0 Å². The number of nitrogens with zero attached hydrogens (tertiary/aromatic N) is 2. The highest BCUT2D eigenvalue weighted by molar-refractivity contribution is 5.81. The maximum absolute atomic E-state index is 14.1. The van der Waals surface area contributed by atoms with Crippen LogP contribution in [0.4, 0.5) is 14.5 Å². The fourth-order valence-electron chi connectivity index (χ4n) is 3.88. The Morgan fingerprint density at radius 1 is 0.886 bits per heavy atom. The highest BCUT2D eigenvalue weighted by atomic mass is 19.1. The monoisotopic (exact) mass is 471 g/mol. The second kappa shape index (κ2) is 9.56. The van der Waals surface area contributed by atoms with Crippen LogP contribution < -0.4 is 10.1 Å². The summed E-state index contributed by atoms with van der Waals surface area (Å²) in [6, 6.07) is 27.8. The van der Waals surface area contributed by atoms with Gasteiger partial charge in [0.2, 0.25) is 0 Å². The number of anilines is 1. The summed E-state index contributed by atoms with van der Waals surface area (Å²) in [6.07, 6.45) is 1.64. The number of fused-ring (bicyclic) bond motifs is 1. The Hall–Kier alpha value is -4.23. The van der Waals surface area contributed by atoms with E-state index < -0.39 is 12.3 Å². The van der Waals surface area contributed by atoms with Crippen molar-refractivity contribution >= 4 is 16.6 Å². The second-order valence-electron chi connectivity index (χ2n) is 8.27. The summed E-state index contributed by atoms with van der Waals surface area (Å²) in [6.45, 7) is -1.02. The molecule has 0 saturated carbocycles. The number of aliphatic hydroxyl groups is 1. The van der Waals surface area contributed by atoms with Crippen molar-refractivity contribution in [3.05, 3.63) is 115 Å². The predicted molar refractivity (Wildman–Crippen MR) is 132 cm³/mol. The molecular weight excluding hydrogens is 448 g/mol. The van der Waals surface area contributed by atoms with Crippen LogP contribution in [0.2, 0.25) is 0 Å². The fourth-order valence-corrected chi connectivity index (χ4v) is 3.88. The van der Waals surface area contributed by atoms with Gasteiger partial charge in [-0.1, -0.05) is 30.3 Å². The molecule has 2 N–H and O–H groups in total. The van der Waals surface area contributed by atoms with Crippen LogP contribution in [0.25, 0.3) is 16.6 Å². The van der Waals surface area contributed by atoms with E-state index in [9.17, 15) is 13.9 Å². The van der Waals surface area contributed by atoms with Crippen molar-refractivity contribution in [2.75, 3.05) is 18.5 Å². The second-order valence-corrected chi connectivity index (χ2v) is 8.27. The Bertz CT molecular complexity index is 1440. The highest BCUT2D eigenvalue weighted by Crippen LogP contribution is 2.29. The van der Waals surface area contributed by atoms with E-state index in [1.165, 1.54) is 12.1 Å². The van der Waals surface area contributed by atoms with Crippen molar-refractivity contribution in [2.45, 2.75) is 5.60 Å². The molecule has 4 aromatic carbocycles. The minimum absolute atomic E-state index is 0.0457. The molecule has 1 unspecified atom stereocenters. The average molecular weight is 472 g/mol. The largest absolute Gasteiger partial charge is 0.457 e. The molecule has 0 fully saturated rings. The average Bonchev–Trinajstić information content (AvgIpc) is 3.32. The molecule has 1 atom stereocenters.